The summed E-state index contributed by atoms with van der Waals surface area (Å²) in [7, 11) is 0. The fraction of sp³-hybridized carbons (Fsp3) is 0.391. The zero-order valence-electron chi connectivity index (χ0n) is 16.4. The first-order valence-corrected chi connectivity index (χ1v) is 10.7. The summed E-state index contributed by atoms with van der Waals surface area (Å²) >= 11 is 5.90. The highest BCUT2D eigenvalue weighted by molar-refractivity contribution is 6.30. The minimum atomic E-state index is -0.365. The van der Waals surface area contributed by atoms with E-state index in [1.165, 1.54) is 5.56 Å². The zero-order valence-corrected chi connectivity index (χ0v) is 17.1. The number of halogens is 1. The van der Waals surface area contributed by atoms with E-state index in [2.05, 4.69) is 29.6 Å². The van der Waals surface area contributed by atoms with Crippen molar-refractivity contribution in [2.45, 2.75) is 37.6 Å². The second-order valence-electron chi connectivity index (χ2n) is 7.80. The van der Waals surface area contributed by atoms with Crippen molar-refractivity contribution in [3.63, 3.8) is 0 Å². The normalized spacial score (nSPS) is 20.0. The van der Waals surface area contributed by atoms with Gasteiger partial charge in [-0.2, -0.15) is 0 Å². The Morgan fingerprint density at radius 1 is 0.897 bits per heavy atom. The van der Waals surface area contributed by atoms with Gasteiger partial charge in [-0.25, -0.2) is 4.79 Å². The molecule has 0 aromatic heterocycles. The highest BCUT2D eigenvalue weighted by Crippen LogP contribution is 2.29. The van der Waals surface area contributed by atoms with E-state index in [1.54, 1.807) is 29.2 Å². The minimum absolute atomic E-state index is 0.0836. The molecule has 2 aliphatic heterocycles. The summed E-state index contributed by atoms with van der Waals surface area (Å²) in [4.78, 5) is 29.5. The third-order valence-corrected chi connectivity index (χ3v) is 6.22. The lowest BCUT2D eigenvalue weighted by molar-refractivity contribution is -0.136. The fourth-order valence-corrected chi connectivity index (χ4v) is 4.49. The molecule has 2 fully saturated rings. The van der Waals surface area contributed by atoms with Crippen molar-refractivity contribution in [2.75, 3.05) is 25.0 Å². The number of nitrogens with one attached hydrogen (secondary N) is 1. The number of nitrogens with zero attached hydrogens (tertiary/aromatic N) is 2. The van der Waals surface area contributed by atoms with Gasteiger partial charge in [0.15, 0.2) is 0 Å². The van der Waals surface area contributed by atoms with E-state index in [1.807, 2.05) is 11.0 Å². The number of carbonyl (C=O) groups excluding carboxylic acids is 2. The highest BCUT2D eigenvalue weighted by atomic mass is 35.5. The van der Waals surface area contributed by atoms with E-state index in [4.69, 9.17) is 11.6 Å². The molecule has 2 heterocycles. The van der Waals surface area contributed by atoms with Crippen molar-refractivity contribution in [3.8, 4) is 0 Å². The van der Waals surface area contributed by atoms with Crippen LogP contribution in [0.1, 0.15) is 37.2 Å². The van der Waals surface area contributed by atoms with Crippen LogP contribution in [0.5, 0.6) is 0 Å². The van der Waals surface area contributed by atoms with Crippen LogP contribution < -0.4 is 5.32 Å². The molecule has 0 aliphatic carbocycles. The Balaban J connectivity index is 1.35. The first kappa shape index (κ1) is 19.8. The van der Waals surface area contributed by atoms with Crippen LogP contribution in [0.25, 0.3) is 0 Å². The van der Waals surface area contributed by atoms with E-state index in [0.717, 1.165) is 38.8 Å². The maximum Gasteiger partial charge on any atom is 0.322 e. The van der Waals surface area contributed by atoms with Crippen LogP contribution in [0.3, 0.4) is 0 Å². The van der Waals surface area contributed by atoms with Crippen LogP contribution in [0.2, 0.25) is 5.02 Å². The molecular weight excluding hydrogens is 386 g/mol. The Kier molecular flexibility index (Phi) is 6.05. The van der Waals surface area contributed by atoms with Gasteiger partial charge in [0.25, 0.3) is 0 Å². The van der Waals surface area contributed by atoms with Gasteiger partial charge in [-0.1, -0.05) is 41.9 Å². The second-order valence-corrected chi connectivity index (χ2v) is 8.24. The number of rotatable bonds is 3. The summed E-state index contributed by atoms with van der Waals surface area (Å²) in [6.45, 7) is 2.11. The topological polar surface area (TPSA) is 52.7 Å². The van der Waals surface area contributed by atoms with Gasteiger partial charge >= 0.3 is 6.03 Å². The highest BCUT2D eigenvalue weighted by Gasteiger charge is 2.37. The van der Waals surface area contributed by atoms with Crippen molar-refractivity contribution >= 4 is 29.2 Å². The van der Waals surface area contributed by atoms with E-state index in [9.17, 15) is 9.59 Å². The van der Waals surface area contributed by atoms with Gasteiger partial charge in [0, 0.05) is 30.3 Å². The quantitative estimate of drug-likeness (QED) is 0.792. The summed E-state index contributed by atoms with van der Waals surface area (Å²) in [5, 5.41) is 3.51. The van der Waals surface area contributed by atoms with Crippen LogP contribution in [0, 0.1) is 0 Å². The Bertz CT molecular complexity index is 848. The van der Waals surface area contributed by atoms with Crippen LogP contribution in [0.4, 0.5) is 10.5 Å². The molecule has 2 aliphatic rings. The maximum absolute atomic E-state index is 13.1. The monoisotopic (exact) mass is 411 g/mol. The number of anilines is 1. The number of urea groups is 1. The van der Waals surface area contributed by atoms with Crippen LogP contribution in [0.15, 0.2) is 54.6 Å². The largest absolute Gasteiger partial charge is 0.341 e. The van der Waals surface area contributed by atoms with Crippen molar-refractivity contribution in [2.24, 2.45) is 0 Å². The fourth-order valence-electron chi connectivity index (χ4n) is 4.36. The molecule has 2 saturated heterocycles. The lowest BCUT2D eigenvalue weighted by Gasteiger charge is -2.35. The summed E-state index contributed by atoms with van der Waals surface area (Å²) in [6, 6.07) is 16.9. The Labute approximate surface area is 176 Å². The molecule has 2 aromatic carbocycles. The number of hydrogen-bond acceptors (Lipinski definition) is 2. The van der Waals surface area contributed by atoms with Gasteiger partial charge in [-0.3, -0.25) is 4.79 Å². The van der Waals surface area contributed by atoms with Gasteiger partial charge in [0.1, 0.15) is 6.04 Å². The molecular formula is C23H26ClN3O2. The Morgan fingerprint density at radius 3 is 2.28 bits per heavy atom. The van der Waals surface area contributed by atoms with E-state index >= 15 is 0 Å². The summed E-state index contributed by atoms with van der Waals surface area (Å²) in [5.74, 6) is 0.591. The molecule has 1 atom stereocenters. The molecule has 0 saturated carbocycles. The van der Waals surface area contributed by atoms with Crippen LogP contribution >= 0.6 is 11.6 Å². The van der Waals surface area contributed by atoms with Gasteiger partial charge < -0.3 is 15.1 Å². The summed E-state index contributed by atoms with van der Waals surface area (Å²) < 4.78 is 0. The molecule has 0 spiro atoms. The van der Waals surface area contributed by atoms with Crippen molar-refractivity contribution in [3.05, 3.63) is 65.2 Å². The van der Waals surface area contributed by atoms with E-state index in [-0.39, 0.29) is 18.0 Å². The third-order valence-electron chi connectivity index (χ3n) is 5.97. The molecule has 4 rings (SSSR count). The smallest absolute Gasteiger partial charge is 0.322 e. The van der Waals surface area contributed by atoms with E-state index < -0.39 is 0 Å². The first-order chi connectivity index (χ1) is 14.1. The predicted molar refractivity (Wildman–Crippen MR) is 115 cm³/mol. The third kappa shape index (κ3) is 4.56. The Morgan fingerprint density at radius 2 is 1.59 bits per heavy atom. The Hall–Kier alpha value is -2.53. The summed E-state index contributed by atoms with van der Waals surface area (Å²) in [5.41, 5.74) is 2.03. The van der Waals surface area contributed by atoms with Crippen molar-refractivity contribution < 1.29 is 9.59 Å². The SMILES string of the molecule is O=C(C1CCCN1C(=O)Nc1ccc(Cl)cc1)N1CCC(c2ccccc2)CC1. The minimum Gasteiger partial charge on any atom is -0.341 e. The zero-order chi connectivity index (χ0) is 20.2. The van der Waals surface area contributed by atoms with E-state index in [0.29, 0.717) is 23.2 Å². The number of carbonyl (C=O) groups is 2. The number of amides is 3. The number of benzene rings is 2. The molecule has 6 heteroatoms. The van der Waals surface area contributed by atoms with Crippen LogP contribution in [-0.4, -0.2) is 47.4 Å². The molecule has 5 nitrogen and oxygen atoms in total. The second kappa shape index (κ2) is 8.87. The van der Waals surface area contributed by atoms with Crippen LogP contribution in [-0.2, 0) is 4.79 Å². The lowest BCUT2D eigenvalue weighted by atomic mass is 9.89. The number of likely N-dealkylation sites (tertiary alicyclic amines) is 2. The average molecular weight is 412 g/mol. The molecule has 152 valence electrons. The predicted octanol–water partition coefficient (Wildman–Crippen LogP) is 4.74. The molecule has 2 aromatic rings. The first-order valence-electron chi connectivity index (χ1n) is 10.3. The average Bonchev–Trinajstić information content (AvgIpc) is 3.26. The molecule has 3 amide bonds. The molecule has 29 heavy (non-hydrogen) atoms. The lowest BCUT2D eigenvalue weighted by Crippen LogP contribution is -2.50. The van der Waals surface area contributed by atoms with Gasteiger partial charge in [-0.15, -0.1) is 0 Å². The molecule has 0 radical (unpaired) electrons. The maximum atomic E-state index is 13.1. The van der Waals surface area contributed by atoms with Crippen molar-refractivity contribution in [1.82, 2.24) is 9.80 Å². The number of piperidine rings is 1. The standard InChI is InChI=1S/C23H26ClN3O2/c24-19-8-10-20(11-9-19)25-23(29)27-14-4-7-21(27)22(28)26-15-12-18(13-16-26)17-5-2-1-3-6-17/h1-3,5-6,8-11,18,21H,4,7,12-16H2,(H,25,29). The molecule has 1 N–H and O–H groups in total. The molecule has 1 unspecified atom stereocenters. The summed E-state index contributed by atoms with van der Waals surface area (Å²) in [6.07, 6.45) is 3.52. The number of hydrogen-bond donors (Lipinski definition) is 1. The van der Waals surface area contributed by atoms with Gasteiger partial charge in [-0.05, 0) is 61.4 Å². The molecule has 0 bridgehead atoms. The van der Waals surface area contributed by atoms with Gasteiger partial charge in [0.2, 0.25) is 5.91 Å². The van der Waals surface area contributed by atoms with Gasteiger partial charge in [0.05, 0.1) is 0 Å². The van der Waals surface area contributed by atoms with Crippen molar-refractivity contribution in [1.29, 1.82) is 0 Å².